The van der Waals surface area contributed by atoms with Crippen molar-refractivity contribution in [2.24, 2.45) is 5.92 Å². The van der Waals surface area contributed by atoms with Gasteiger partial charge in [-0.05, 0) is 57.5 Å². The smallest absolute Gasteiger partial charge is 0.200 e. The molecule has 1 saturated heterocycles. The van der Waals surface area contributed by atoms with Crippen molar-refractivity contribution in [3.8, 4) is 16.9 Å². The fourth-order valence-corrected chi connectivity index (χ4v) is 5.03. The minimum absolute atomic E-state index is 0.00341. The predicted molar refractivity (Wildman–Crippen MR) is 138 cm³/mol. The normalized spacial score (nSPS) is 14.9. The minimum Gasteiger partial charge on any atom is -0.507 e. The Morgan fingerprint density at radius 2 is 1.66 bits per heavy atom. The van der Waals surface area contributed by atoms with Crippen LogP contribution in [0, 0.1) is 19.8 Å². The van der Waals surface area contributed by atoms with E-state index in [1.807, 2.05) is 61.5 Å². The van der Waals surface area contributed by atoms with Gasteiger partial charge in [-0.3, -0.25) is 14.5 Å². The van der Waals surface area contributed by atoms with Gasteiger partial charge in [0.25, 0.3) is 0 Å². The van der Waals surface area contributed by atoms with Crippen LogP contribution in [0.1, 0.15) is 40.1 Å². The average molecular weight is 468 g/mol. The molecule has 1 aliphatic rings. The maximum absolute atomic E-state index is 13.4. The third kappa shape index (κ3) is 4.52. The first-order valence-electron chi connectivity index (χ1n) is 12.1. The summed E-state index contributed by atoms with van der Waals surface area (Å²) in [5.74, 6) is 0.852. The summed E-state index contributed by atoms with van der Waals surface area (Å²) in [5, 5.41) is 11.1. The minimum atomic E-state index is -0.0985. The van der Waals surface area contributed by atoms with Gasteiger partial charge in [0.15, 0.2) is 5.78 Å². The molecule has 35 heavy (non-hydrogen) atoms. The van der Waals surface area contributed by atoms with E-state index in [-0.39, 0.29) is 22.9 Å². The summed E-state index contributed by atoms with van der Waals surface area (Å²) in [4.78, 5) is 28.5. The second-order valence-corrected chi connectivity index (χ2v) is 9.45. The highest BCUT2D eigenvalue weighted by molar-refractivity contribution is 5.98. The van der Waals surface area contributed by atoms with Crippen LogP contribution >= 0.6 is 0 Å². The first-order chi connectivity index (χ1) is 16.9. The summed E-state index contributed by atoms with van der Waals surface area (Å²) in [7, 11) is 0. The van der Waals surface area contributed by atoms with E-state index in [9.17, 15) is 14.7 Å². The van der Waals surface area contributed by atoms with E-state index in [1.54, 1.807) is 19.1 Å². The van der Waals surface area contributed by atoms with Gasteiger partial charge in [0.05, 0.1) is 16.5 Å². The molecule has 4 aromatic rings. The second-order valence-electron chi connectivity index (χ2n) is 9.45. The number of phenolic OH excluding ortho intramolecular Hbond substituents is 1. The number of fused-ring (bicyclic) bond motifs is 1. The van der Waals surface area contributed by atoms with Crippen molar-refractivity contribution in [3.05, 3.63) is 99.4 Å². The van der Waals surface area contributed by atoms with Crippen LogP contribution in [0.4, 0.5) is 0 Å². The van der Waals surface area contributed by atoms with Crippen LogP contribution in [0.3, 0.4) is 0 Å². The lowest BCUT2D eigenvalue weighted by molar-refractivity contribution is 0.0834. The van der Waals surface area contributed by atoms with E-state index >= 15 is 0 Å². The highest BCUT2D eigenvalue weighted by atomic mass is 16.3. The number of nitrogens with zero attached hydrogens (tertiary/aromatic N) is 1. The molecule has 0 atom stereocenters. The van der Waals surface area contributed by atoms with Crippen LogP contribution in [0.25, 0.3) is 22.1 Å². The molecule has 1 N–H and O–H groups in total. The van der Waals surface area contributed by atoms with E-state index in [2.05, 4.69) is 4.90 Å². The van der Waals surface area contributed by atoms with E-state index in [0.717, 1.165) is 42.6 Å². The zero-order valence-electron chi connectivity index (χ0n) is 20.1. The molecule has 0 amide bonds. The number of hydrogen-bond acceptors (Lipinski definition) is 5. The Morgan fingerprint density at radius 3 is 2.34 bits per heavy atom. The number of ketones is 1. The molecule has 5 rings (SSSR count). The average Bonchev–Trinajstić information content (AvgIpc) is 2.87. The topological polar surface area (TPSA) is 70.8 Å². The lowest BCUT2D eigenvalue weighted by Gasteiger charge is -2.31. The lowest BCUT2D eigenvalue weighted by atomic mass is 9.88. The molecule has 1 fully saturated rings. The standard InChI is InChI=1S/C30H29NO4/c1-19-8-10-22(11-9-19)28(33)23-14-16-31(17-15-23)18-25-26(32)13-12-24-29(34)27(20(2)35-30(24)25)21-6-4-3-5-7-21/h3-13,23,32H,14-18H2,1-2H3. The number of hydrogen-bond donors (Lipinski definition) is 1. The maximum Gasteiger partial charge on any atom is 0.200 e. The molecule has 5 heteroatoms. The molecule has 0 spiro atoms. The molecule has 2 heterocycles. The summed E-state index contributed by atoms with van der Waals surface area (Å²) in [5.41, 5.74) is 4.23. The lowest BCUT2D eigenvalue weighted by Crippen LogP contribution is -2.36. The predicted octanol–water partition coefficient (Wildman–Crippen LogP) is 5.88. The van der Waals surface area contributed by atoms with Crippen molar-refractivity contribution in [1.29, 1.82) is 0 Å². The molecular weight excluding hydrogens is 438 g/mol. The zero-order chi connectivity index (χ0) is 24.5. The monoisotopic (exact) mass is 467 g/mol. The Balaban J connectivity index is 1.38. The summed E-state index contributed by atoms with van der Waals surface area (Å²) in [6.45, 7) is 5.75. The Kier molecular flexibility index (Phi) is 6.27. The van der Waals surface area contributed by atoms with Gasteiger partial charge in [-0.25, -0.2) is 0 Å². The fraction of sp³-hybridized carbons (Fsp3) is 0.267. The van der Waals surface area contributed by atoms with Crippen LogP contribution in [0.5, 0.6) is 5.75 Å². The third-order valence-electron chi connectivity index (χ3n) is 7.05. The molecule has 1 aromatic heterocycles. The SMILES string of the molecule is Cc1ccc(C(=O)C2CCN(Cc3c(O)ccc4c(=O)c(-c5ccccc5)c(C)oc34)CC2)cc1. The van der Waals surface area contributed by atoms with Gasteiger partial charge in [-0.15, -0.1) is 0 Å². The van der Waals surface area contributed by atoms with Crippen molar-refractivity contribution in [2.75, 3.05) is 13.1 Å². The van der Waals surface area contributed by atoms with Gasteiger partial charge in [0.2, 0.25) is 5.43 Å². The van der Waals surface area contributed by atoms with Crippen LogP contribution in [-0.4, -0.2) is 28.9 Å². The molecule has 0 unspecified atom stereocenters. The zero-order valence-corrected chi connectivity index (χ0v) is 20.1. The summed E-state index contributed by atoms with van der Waals surface area (Å²) < 4.78 is 6.17. The van der Waals surface area contributed by atoms with E-state index in [0.29, 0.717) is 34.4 Å². The van der Waals surface area contributed by atoms with Crippen molar-refractivity contribution in [2.45, 2.75) is 33.2 Å². The Morgan fingerprint density at radius 1 is 0.971 bits per heavy atom. The number of aryl methyl sites for hydroxylation is 2. The Bertz CT molecular complexity index is 1430. The molecular formula is C30H29NO4. The Labute approximate surface area is 204 Å². The number of carbonyl (C=O) groups excluding carboxylic acids is 1. The molecule has 0 saturated carbocycles. The van der Waals surface area contributed by atoms with Crippen molar-refractivity contribution >= 4 is 16.8 Å². The van der Waals surface area contributed by atoms with Gasteiger partial charge >= 0.3 is 0 Å². The van der Waals surface area contributed by atoms with Crippen LogP contribution in [0.2, 0.25) is 0 Å². The van der Waals surface area contributed by atoms with Crippen molar-refractivity contribution in [1.82, 2.24) is 4.90 Å². The summed E-state index contributed by atoms with van der Waals surface area (Å²) in [6, 6.07) is 20.5. The number of phenols is 1. The van der Waals surface area contributed by atoms with Crippen LogP contribution in [-0.2, 0) is 6.54 Å². The van der Waals surface area contributed by atoms with Crippen LogP contribution < -0.4 is 5.43 Å². The van der Waals surface area contributed by atoms with Gasteiger partial charge in [-0.2, -0.15) is 0 Å². The highest BCUT2D eigenvalue weighted by Crippen LogP contribution is 2.32. The molecule has 5 nitrogen and oxygen atoms in total. The third-order valence-corrected chi connectivity index (χ3v) is 7.05. The fourth-order valence-electron chi connectivity index (χ4n) is 5.03. The molecule has 178 valence electrons. The first kappa shape index (κ1) is 23.1. The number of Topliss-reactive ketones (excluding diaryl/α,β-unsaturated/α-hetero) is 1. The second kappa shape index (κ2) is 9.51. The van der Waals surface area contributed by atoms with E-state index in [1.165, 1.54) is 0 Å². The summed E-state index contributed by atoms with van der Waals surface area (Å²) >= 11 is 0. The van der Waals surface area contributed by atoms with Gasteiger partial charge in [0, 0.05) is 18.0 Å². The first-order valence-corrected chi connectivity index (χ1v) is 12.1. The van der Waals surface area contributed by atoms with Crippen LogP contribution in [0.15, 0.2) is 75.9 Å². The van der Waals surface area contributed by atoms with E-state index in [4.69, 9.17) is 4.42 Å². The van der Waals surface area contributed by atoms with Crippen molar-refractivity contribution in [3.63, 3.8) is 0 Å². The van der Waals surface area contributed by atoms with Gasteiger partial charge in [-0.1, -0.05) is 60.2 Å². The van der Waals surface area contributed by atoms with E-state index < -0.39 is 0 Å². The molecule has 1 aliphatic heterocycles. The molecule has 0 aliphatic carbocycles. The molecule has 0 bridgehead atoms. The number of piperidine rings is 1. The van der Waals surface area contributed by atoms with Gasteiger partial charge in [0.1, 0.15) is 17.1 Å². The van der Waals surface area contributed by atoms with Gasteiger partial charge < -0.3 is 9.52 Å². The maximum atomic E-state index is 13.4. The van der Waals surface area contributed by atoms with Crippen molar-refractivity contribution < 1.29 is 14.3 Å². The quantitative estimate of drug-likeness (QED) is 0.371. The number of benzene rings is 3. The number of likely N-dealkylation sites (tertiary alicyclic amines) is 1. The number of aromatic hydroxyl groups is 1. The number of carbonyl (C=O) groups is 1. The molecule has 0 radical (unpaired) electrons. The molecule has 3 aromatic carbocycles. The summed E-state index contributed by atoms with van der Waals surface area (Å²) in [6.07, 6.45) is 1.53. The highest BCUT2D eigenvalue weighted by Gasteiger charge is 2.27. The Hall–Kier alpha value is -3.70. The largest absolute Gasteiger partial charge is 0.507 e. The number of rotatable bonds is 5.